The van der Waals surface area contributed by atoms with Crippen molar-refractivity contribution in [3.63, 3.8) is 0 Å². The lowest BCUT2D eigenvalue weighted by atomic mass is 10.3. The van der Waals surface area contributed by atoms with Crippen LogP contribution in [0.5, 0.6) is 11.5 Å². The molecule has 1 aromatic carbocycles. The number of nitrogens with two attached hydrogens (primary N) is 1. The standard InChI is InChI=1S/C13H18N2O4.BrH/c1-17-12-8-10(14)2-3-11(12)19-9-13(16)15-4-6-18-7-5-15;/h2-3,8H,4-7,9,14H2,1H3;1H. The van der Waals surface area contributed by atoms with E-state index < -0.39 is 0 Å². The third kappa shape index (κ3) is 4.28. The molecular formula is C13H19BrN2O4. The van der Waals surface area contributed by atoms with Gasteiger partial charge in [-0.1, -0.05) is 0 Å². The van der Waals surface area contributed by atoms with Crippen molar-refractivity contribution in [3.8, 4) is 11.5 Å². The average Bonchev–Trinajstić information content (AvgIpc) is 2.46. The van der Waals surface area contributed by atoms with Gasteiger partial charge in [0.2, 0.25) is 0 Å². The second-order valence-corrected chi connectivity index (χ2v) is 4.19. The molecule has 1 saturated heterocycles. The van der Waals surface area contributed by atoms with Gasteiger partial charge in [-0.05, 0) is 12.1 Å². The second kappa shape index (κ2) is 7.96. The molecule has 0 unspecified atom stereocenters. The number of carbonyl (C=O) groups is 1. The summed E-state index contributed by atoms with van der Waals surface area (Å²) in [6.45, 7) is 2.37. The number of methoxy groups -OCH3 is 1. The number of nitrogen functional groups attached to an aromatic ring is 1. The lowest BCUT2D eigenvalue weighted by molar-refractivity contribution is -0.137. The molecular weight excluding hydrogens is 328 g/mol. The van der Waals surface area contributed by atoms with Gasteiger partial charge in [-0.3, -0.25) is 4.79 Å². The largest absolute Gasteiger partial charge is 0.493 e. The van der Waals surface area contributed by atoms with Gasteiger partial charge in [0.15, 0.2) is 18.1 Å². The molecule has 1 fully saturated rings. The summed E-state index contributed by atoms with van der Waals surface area (Å²) >= 11 is 0. The number of ether oxygens (including phenoxy) is 3. The number of nitrogens with zero attached hydrogens (tertiary/aromatic N) is 1. The van der Waals surface area contributed by atoms with Gasteiger partial charge >= 0.3 is 0 Å². The highest BCUT2D eigenvalue weighted by Gasteiger charge is 2.17. The van der Waals surface area contributed by atoms with E-state index in [-0.39, 0.29) is 29.5 Å². The smallest absolute Gasteiger partial charge is 0.260 e. The molecule has 0 aromatic heterocycles. The summed E-state index contributed by atoms with van der Waals surface area (Å²) in [6.07, 6.45) is 0. The van der Waals surface area contributed by atoms with Gasteiger partial charge < -0.3 is 24.8 Å². The molecule has 112 valence electrons. The molecule has 0 aliphatic carbocycles. The number of carbonyl (C=O) groups excluding carboxylic acids is 1. The molecule has 0 radical (unpaired) electrons. The summed E-state index contributed by atoms with van der Waals surface area (Å²) in [4.78, 5) is 13.6. The summed E-state index contributed by atoms with van der Waals surface area (Å²) in [5.74, 6) is 0.982. The highest BCUT2D eigenvalue weighted by atomic mass is 79.9. The van der Waals surface area contributed by atoms with Crippen molar-refractivity contribution >= 4 is 28.6 Å². The first-order valence-electron chi connectivity index (χ1n) is 6.12. The van der Waals surface area contributed by atoms with Crippen molar-refractivity contribution in [2.45, 2.75) is 0 Å². The maximum absolute atomic E-state index is 11.9. The molecule has 1 aromatic rings. The SMILES string of the molecule is Br.COc1cc(N)ccc1OCC(=O)N1CCOCC1. The Hall–Kier alpha value is -1.47. The van der Waals surface area contributed by atoms with Gasteiger partial charge in [-0.2, -0.15) is 0 Å². The Balaban J connectivity index is 0.00000200. The van der Waals surface area contributed by atoms with E-state index in [1.165, 1.54) is 7.11 Å². The van der Waals surface area contributed by atoms with Crippen LogP contribution < -0.4 is 15.2 Å². The molecule has 1 aliphatic rings. The van der Waals surface area contributed by atoms with Gasteiger partial charge in [-0.25, -0.2) is 0 Å². The number of morpholine rings is 1. The molecule has 1 amide bonds. The highest BCUT2D eigenvalue weighted by Crippen LogP contribution is 2.28. The molecule has 0 spiro atoms. The van der Waals surface area contributed by atoms with Crippen LogP contribution in [0.15, 0.2) is 18.2 Å². The van der Waals surface area contributed by atoms with Crippen LogP contribution in [0, 0.1) is 0 Å². The Kier molecular flexibility index (Phi) is 6.60. The Morgan fingerprint density at radius 2 is 2.05 bits per heavy atom. The Morgan fingerprint density at radius 1 is 1.35 bits per heavy atom. The zero-order valence-corrected chi connectivity index (χ0v) is 13.0. The fourth-order valence-electron chi connectivity index (χ4n) is 1.85. The zero-order valence-electron chi connectivity index (χ0n) is 11.3. The average molecular weight is 347 g/mol. The number of benzene rings is 1. The van der Waals surface area contributed by atoms with E-state index in [0.717, 1.165) is 0 Å². The van der Waals surface area contributed by atoms with Gasteiger partial charge in [0.05, 0.1) is 20.3 Å². The van der Waals surface area contributed by atoms with Crippen molar-refractivity contribution < 1.29 is 19.0 Å². The minimum atomic E-state index is -0.0535. The summed E-state index contributed by atoms with van der Waals surface area (Å²) in [5.41, 5.74) is 6.24. The minimum absolute atomic E-state index is 0. The van der Waals surface area contributed by atoms with Crippen LogP contribution in [-0.2, 0) is 9.53 Å². The number of rotatable bonds is 4. The predicted octanol–water partition coefficient (Wildman–Crippen LogP) is 1.09. The predicted molar refractivity (Wildman–Crippen MR) is 80.6 cm³/mol. The van der Waals surface area contributed by atoms with Crippen LogP contribution in [0.1, 0.15) is 0 Å². The maximum atomic E-state index is 11.9. The van der Waals surface area contributed by atoms with Crippen molar-refractivity contribution in [2.75, 3.05) is 45.8 Å². The van der Waals surface area contributed by atoms with Gasteiger partial charge in [0.1, 0.15) is 0 Å². The molecule has 1 heterocycles. The monoisotopic (exact) mass is 346 g/mol. The Labute approximate surface area is 128 Å². The lowest BCUT2D eigenvalue weighted by Gasteiger charge is -2.26. The second-order valence-electron chi connectivity index (χ2n) is 4.19. The van der Waals surface area contributed by atoms with E-state index in [2.05, 4.69) is 0 Å². The summed E-state index contributed by atoms with van der Waals surface area (Å²) in [5, 5.41) is 0. The molecule has 2 N–H and O–H groups in total. The maximum Gasteiger partial charge on any atom is 0.260 e. The lowest BCUT2D eigenvalue weighted by Crippen LogP contribution is -2.43. The molecule has 0 bridgehead atoms. The van der Waals surface area contributed by atoms with Crippen LogP contribution in [0.4, 0.5) is 5.69 Å². The van der Waals surface area contributed by atoms with E-state index >= 15 is 0 Å². The van der Waals surface area contributed by atoms with Crippen LogP contribution >= 0.6 is 17.0 Å². The molecule has 0 saturated carbocycles. The number of hydrogen-bond acceptors (Lipinski definition) is 5. The van der Waals surface area contributed by atoms with Crippen molar-refractivity contribution in [1.29, 1.82) is 0 Å². The Bertz CT molecular complexity index is 450. The van der Waals surface area contributed by atoms with Crippen LogP contribution in [0.3, 0.4) is 0 Å². The van der Waals surface area contributed by atoms with Crippen molar-refractivity contribution in [2.24, 2.45) is 0 Å². The molecule has 7 heteroatoms. The molecule has 2 rings (SSSR count). The van der Waals surface area contributed by atoms with Crippen LogP contribution in [0.25, 0.3) is 0 Å². The quantitative estimate of drug-likeness (QED) is 0.826. The molecule has 1 aliphatic heterocycles. The van der Waals surface area contributed by atoms with E-state index in [0.29, 0.717) is 43.5 Å². The molecule has 6 nitrogen and oxygen atoms in total. The normalized spacial score (nSPS) is 14.3. The fourth-order valence-corrected chi connectivity index (χ4v) is 1.85. The van der Waals surface area contributed by atoms with E-state index in [9.17, 15) is 4.79 Å². The third-order valence-corrected chi connectivity index (χ3v) is 2.90. The van der Waals surface area contributed by atoms with Crippen LogP contribution in [0.2, 0.25) is 0 Å². The highest BCUT2D eigenvalue weighted by molar-refractivity contribution is 8.93. The third-order valence-electron chi connectivity index (χ3n) is 2.90. The first-order chi connectivity index (χ1) is 9.20. The van der Waals surface area contributed by atoms with Crippen LogP contribution in [-0.4, -0.2) is 50.8 Å². The van der Waals surface area contributed by atoms with E-state index in [4.69, 9.17) is 19.9 Å². The number of hydrogen-bond donors (Lipinski definition) is 1. The van der Waals surface area contributed by atoms with Gasteiger partial charge in [0.25, 0.3) is 5.91 Å². The van der Waals surface area contributed by atoms with E-state index in [1.807, 2.05) is 0 Å². The summed E-state index contributed by atoms with van der Waals surface area (Å²) in [7, 11) is 1.53. The Morgan fingerprint density at radius 3 is 2.70 bits per heavy atom. The van der Waals surface area contributed by atoms with E-state index in [1.54, 1.807) is 23.1 Å². The summed E-state index contributed by atoms with van der Waals surface area (Å²) in [6, 6.07) is 5.06. The first-order valence-corrected chi connectivity index (χ1v) is 6.12. The van der Waals surface area contributed by atoms with Gasteiger partial charge in [0, 0.05) is 24.8 Å². The summed E-state index contributed by atoms with van der Waals surface area (Å²) < 4.78 is 15.8. The first kappa shape index (κ1) is 16.6. The van der Waals surface area contributed by atoms with Gasteiger partial charge in [-0.15, -0.1) is 17.0 Å². The molecule has 20 heavy (non-hydrogen) atoms. The number of amides is 1. The van der Waals surface area contributed by atoms with Crippen molar-refractivity contribution in [3.05, 3.63) is 18.2 Å². The number of halogens is 1. The fraction of sp³-hybridized carbons (Fsp3) is 0.462. The topological polar surface area (TPSA) is 74.0 Å². The number of anilines is 1. The minimum Gasteiger partial charge on any atom is -0.493 e. The molecule has 0 atom stereocenters. The van der Waals surface area contributed by atoms with Crippen molar-refractivity contribution in [1.82, 2.24) is 4.90 Å². The zero-order chi connectivity index (χ0) is 13.7.